The van der Waals surface area contributed by atoms with Gasteiger partial charge in [0.2, 0.25) is 0 Å². The summed E-state index contributed by atoms with van der Waals surface area (Å²) in [6, 6.07) is 14.2. The summed E-state index contributed by atoms with van der Waals surface area (Å²) in [6.45, 7) is 6.21. The number of benzene rings is 2. The number of carbonyl (C=O) groups is 2. The molecule has 1 aliphatic rings. The molecule has 5 heteroatoms. The van der Waals surface area contributed by atoms with Gasteiger partial charge < -0.3 is 15.0 Å². The summed E-state index contributed by atoms with van der Waals surface area (Å²) in [5.41, 5.74) is 1.76. The van der Waals surface area contributed by atoms with Crippen LogP contribution in [0.25, 0.3) is 0 Å². The lowest BCUT2D eigenvalue weighted by atomic mass is 9.99. The number of likely N-dealkylation sites (tertiary alicyclic amines) is 1. The fourth-order valence-electron chi connectivity index (χ4n) is 3.37. The van der Waals surface area contributed by atoms with E-state index in [1.54, 1.807) is 30.3 Å². The van der Waals surface area contributed by atoms with Crippen LogP contribution in [0, 0.1) is 5.92 Å². The number of hydrogen-bond donors (Lipinski definition) is 1. The maximum absolute atomic E-state index is 12.6. The Kier molecular flexibility index (Phi) is 6.12. The van der Waals surface area contributed by atoms with Gasteiger partial charge in [-0.3, -0.25) is 9.59 Å². The lowest BCUT2D eigenvalue weighted by Crippen LogP contribution is -2.39. The van der Waals surface area contributed by atoms with Crippen LogP contribution in [0.2, 0.25) is 0 Å². The van der Waals surface area contributed by atoms with Crippen LogP contribution in [-0.4, -0.2) is 36.4 Å². The van der Waals surface area contributed by atoms with Crippen molar-refractivity contribution in [3.05, 3.63) is 59.7 Å². The largest absolute Gasteiger partial charge is 0.492 e. The number of rotatable bonds is 5. The predicted octanol–water partition coefficient (Wildman–Crippen LogP) is 4.21. The van der Waals surface area contributed by atoms with E-state index in [0.29, 0.717) is 35.1 Å². The summed E-state index contributed by atoms with van der Waals surface area (Å²) in [4.78, 5) is 27.1. The molecule has 0 bridgehead atoms. The monoisotopic (exact) mass is 366 g/mol. The second-order valence-corrected chi connectivity index (χ2v) is 6.96. The maximum Gasteiger partial charge on any atom is 0.255 e. The van der Waals surface area contributed by atoms with E-state index in [2.05, 4.69) is 12.2 Å². The number of hydrogen-bond acceptors (Lipinski definition) is 3. The van der Waals surface area contributed by atoms with Crippen LogP contribution < -0.4 is 10.1 Å². The molecule has 1 aliphatic heterocycles. The number of nitrogens with zero attached hydrogens (tertiary/aromatic N) is 1. The van der Waals surface area contributed by atoms with Crippen LogP contribution in [0.1, 0.15) is 47.4 Å². The highest BCUT2D eigenvalue weighted by atomic mass is 16.5. The van der Waals surface area contributed by atoms with Crippen molar-refractivity contribution in [1.29, 1.82) is 0 Å². The van der Waals surface area contributed by atoms with Gasteiger partial charge in [0, 0.05) is 24.2 Å². The average Bonchev–Trinajstić information content (AvgIpc) is 2.69. The van der Waals surface area contributed by atoms with Gasteiger partial charge in [-0.1, -0.05) is 19.1 Å². The van der Waals surface area contributed by atoms with Gasteiger partial charge in [-0.2, -0.15) is 0 Å². The summed E-state index contributed by atoms with van der Waals surface area (Å²) >= 11 is 0. The topological polar surface area (TPSA) is 58.6 Å². The third-order valence-electron chi connectivity index (χ3n) is 4.77. The zero-order chi connectivity index (χ0) is 19.2. The number of anilines is 1. The summed E-state index contributed by atoms with van der Waals surface area (Å²) in [6.07, 6.45) is 2.22. The summed E-state index contributed by atoms with van der Waals surface area (Å²) in [7, 11) is 0. The highest BCUT2D eigenvalue weighted by molar-refractivity contribution is 6.05. The lowest BCUT2D eigenvalue weighted by Gasteiger charge is -2.31. The molecule has 1 N–H and O–H groups in total. The van der Waals surface area contributed by atoms with Crippen LogP contribution in [0.15, 0.2) is 48.5 Å². The Morgan fingerprint density at radius 1 is 1.11 bits per heavy atom. The SMILES string of the molecule is CCOc1ccccc1NC(=O)c1ccc(C(=O)N2CCCC(C)C2)cc1. The molecule has 0 aromatic heterocycles. The molecule has 0 radical (unpaired) electrons. The fraction of sp³-hybridized carbons (Fsp3) is 0.364. The average molecular weight is 366 g/mol. The Morgan fingerprint density at radius 2 is 1.81 bits per heavy atom. The van der Waals surface area contributed by atoms with E-state index in [1.165, 1.54) is 6.42 Å². The first-order valence-electron chi connectivity index (χ1n) is 9.51. The lowest BCUT2D eigenvalue weighted by molar-refractivity contribution is 0.0682. The van der Waals surface area contributed by atoms with E-state index >= 15 is 0 Å². The highest BCUT2D eigenvalue weighted by Crippen LogP contribution is 2.24. The van der Waals surface area contributed by atoms with Crippen molar-refractivity contribution in [2.75, 3.05) is 25.0 Å². The highest BCUT2D eigenvalue weighted by Gasteiger charge is 2.22. The van der Waals surface area contributed by atoms with E-state index in [-0.39, 0.29) is 11.8 Å². The number of para-hydroxylation sites is 2. The number of ether oxygens (including phenoxy) is 1. The van der Waals surface area contributed by atoms with Gasteiger partial charge in [0.25, 0.3) is 11.8 Å². The molecule has 142 valence electrons. The molecule has 1 fully saturated rings. The quantitative estimate of drug-likeness (QED) is 0.862. The van der Waals surface area contributed by atoms with Gasteiger partial charge in [-0.05, 0) is 62.1 Å². The van der Waals surface area contributed by atoms with Gasteiger partial charge in [0.1, 0.15) is 5.75 Å². The second kappa shape index (κ2) is 8.71. The Morgan fingerprint density at radius 3 is 2.52 bits per heavy atom. The van der Waals surface area contributed by atoms with Gasteiger partial charge in [-0.15, -0.1) is 0 Å². The molecule has 1 unspecified atom stereocenters. The Labute approximate surface area is 160 Å². The summed E-state index contributed by atoms with van der Waals surface area (Å²) in [5, 5.41) is 2.87. The first kappa shape index (κ1) is 19.0. The van der Waals surface area contributed by atoms with E-state index in [9.17, 15) is 9.59 Å². The van der Waals surface area contributed by atoms with Crippen molar-refractivity contribution in [2.45, 2.75) is 26.7 Å². The molecule has 1 heterocycles. The van der Waals surface area contributed by atoms with Crippen molar-refractivity contribution in [3.63, 3.8) is 0 Å². The standard InChI is InChI=1S/C22H26N2O3/c1-3-27-20-9-5-4-8-19(20)23-21(25)17-10-12-18(13-11-17)22(26)24-14-6-7-16(2)15-24/h4-5,8-13,16H,3,6-7,14-15H2,1-2H3,(H,23,25). The molecule has 5 nitrogen and oxygen atoms in total. The number of carbonyl (C=O) groups excluding carboxylic acids is 2. The third kappa shape index (κ3) is 4.67. The molecule has 0 saturated carbocycles. The Hall–Kier alpha value is -2.82. The molecule has 1 atom stereocenters. The first-order chi connectivity index (χ1) is 13.1. The predicted molar refractivity (Wildman–Crippen MR) is 106 cm³/mol. The number of piperidine rings is 1. The molecule has 1 saturated heterocycles. The molecule has 2 aromatic rings. The van der Waals surface area contributed by atoms with Gasteiger partial charge in [-0.25, -0.2) is 0 Å². The zero-order valence-electron chi connectivity index (χ0n) is 15.9. The van der Waals surface area contributed by atoms with E-state index in [0.717, 1.165) is 19.5 Å². The van der Waals surface area contributed by atoms with Crippen molar-refractivity contribution in [3.8, 4) is 5.75 Å². The van der Waals surface area contributed by atoms with E-state index in [1.807, 2.05) is 30.0 Å². The minimum Gasteiger partial charge on any atom is -0.492 e. The number of amides is 2. The molecular formula is C22H26N2O3. The van der Waals surface area contributed by atoms with Crippen LogP contribution in [0.3, 0.4) is 0 Å². The van der Waals surface area contributed by atoms with Crippen LogP contribution >= 0.6 is 0 Å². The van der Waals surface area contributed by atoms with Crippen molar-refractivity contribution < 1.29 is 14.3 Å². The minimum atomic E-state index is -0.229. The minimum absolute atomic E-state index is 0.0372. The van der Waals surface area contributed by atoms with Crippen molar-refractivity contribution >= 4 is 17.5 Å². The van der Waals surface area contributed by atoms with Crippen molar-refractivity contribution in [1.82, 2.24) is 4.90 Å². The molecule has 2 aromatic carbocycles. The van der Waals surface area contributed by atoms with Gasteiger partial charge >= 0.3 is 0 Å². The van der Waals surface area contributed by atoms with Gasteiger partial charge in [0.05, 0.1) is 12.3 Å². The Balaban J connectivity index is 1.68. The second-order valence-electron chi connectivity index (χ2n) is 6.96. The molecule has 2 amide bonds. The number of nitrogens with one attached hydrogen (secondary N) is 1. The van der Waals surface area contributed by atoms with Crippen LogP contribution in [0.5, 0.6) is 5.75 Å². The zero-order valence-corrected chi connectivity index (χ0v) is 15.9. The molecule has 0 aliphatic carbocycles. The van der Waals surface area contributed by atoms with Crippen LogP contribution in [-0.2, 0) is 0 Å². The maximum atomic E-state index is 12.6. The molecule has 3 rings (SSSR count). The van der Waals surface area contributed by atoms with Crippen molar-refractivity contribution in [2.24, 2.45) is 5.92 Å². The normalized spacial score (nSPS) is 16.7. The summed E-state index contributed by atoms with van der Waals surface area (Å²) in [5.74, 6) is 0.987. The van der Waals surface area contributed by atoms with E-state index < -0.39 is 0 Å². The summed E-state index contributed by atoms with van der Waals surface area (Å²) < 4.78 is 5.54. The fourth-order valence-corrected chi connectivity index (χ4v) is 3.37. The van der Waals surface area contributed by atoms with Crippen LogP contribution in [0.4, 0.5) is 5.69 Å². The van der Waals surface area contributed by atoms with Gasteiger partial charge in [0.15, 0.2) is 0 Å². The van der Waals surface area contributed by atoms with E-state index in [4.69, 9.17) is 4.74 Å². The third-order valence-corrected chi connectivity index (χ3v) is 4.77. The molecule has 0 spiro atoms. The smallest absolute Gasteiger partial charge is 0.255 e. The Bertz CT molecular complexity index is 801. The molecular weight excluding hydrogens is 340 g/mol. The first-order valence-corrected chi connectivity index (χ1v) is 9.51. The molecule has 27 heavy (non-hydrogen) atoms.